The van der Waals surface area contributed by atoms with Gasteiger partial charge < -0.3 is 18.9 Å². The van der Waals surface area contributed by atoms with E-state index in [2.05, 4.69) is 0 Å². The standard InChI is InChI=1S/C47H40O6/c48-42(25-21-36-23-27-44(50-32-38-13-5-1-6-14-38)46(29-36)52-34-40-17-9-3-10-18-40)31-43(49)26-22-37-24-28-45(51-33-39-15-7-2-8-16-39)47(30-37)53-35-41-19-11-4-12-20-41/h1-30H,31-35H2. The van der Waals surface area contributed by atoms with Crippen molar-refractivity contribution in [3.63, 3.8) is 0 Å². The number of carbonyl (C=O) groups is 2. The van der Waals surface area contributed by atoms with Gasteiger partial charge in [0.25, 0.3) is 0 Å². The molecule has 0 aliphatic rings. The number of allylic oxidation sites excluding steroid dienone is 2. The normalized spacial score (nSPS) is 11.0. The third-order valence-electron chi connectivity index (χ3n) is 8.16. The predicted molar refractivity (Wildman–Crippen MR) is 209 cm³/mol. The summed E-state index contributed by atoms with van der Waals surface area (Å²) in [5.41, 5.74) is 5.61. The van der Waals surface area contributed by atoms with Crippen molar-refractivity contribution in [3.05, 3.63) is 203 Å². The monoisotopic (exact) mass is 700 g/mol. The maximum atomic E-state index is 12.8. The second kappa shape index (κ2) is 19.1. The van der Waals surface area contributed by atoms with Crippen molar-refractivity contribution in [2.24, 2.45) is 0 Å². The smallest absolute Gasteiger partial charge is 0.163 e. The average Bonchev–Trinajstić information content (AvgIpc) is 3.21. The van der Waals surface area contributed by atoms with Crippen LogP contribution in [0.1, 0.15) is 39.8 Å². The highest BCUT2D eigenvalue weighted by molar-refractivity contribution is 6.10. The Morgan fingerprint density at radius 2 is 0.679 bits per heavy atom. The van der Waals surface area contributed by atoms with Crippen LogP contribution in [0.2, 0.25) is 0 Å². The molecule has 0 aliphatic heterocycles. The average molecular weight is 701 g/mol. The van der Waals surface area contributed by atoms with Gasteiger partial charge in [-0.3, -0.25) is 9.59 Å². The van der Waals surface area contributed by atoms with Crippen LogP contribution < -0.4 is 18.9 Å². The first kappa shape index (κ1) is 36.1. The zero-order valence-electron chi connectivity index (χ0n) is 29.3. The molecule has 53 heavy (non-hydrogen) atoms. The minimum absolute atomic E-state index is 0.266. The molecule has 0 saturated heterocycles. The number of benzene rings is 6. The molecular formula is C47H40O6. The molecule has 6 aromatic rings. The molecule has 0 fully saturated rings. The highest BCUT2D eigenvalue weighted by Gasteiger charge is 2.11. The predicted octanol–water partition coefficient (Wildman–Crippen LogP) is 10.3. The largest absolute Gasteiger partial charge is 0.485 e. The van der Waals surface area contributed by atoms with Crippen LogP contribution in [0.15, 0.2) is 170 Å². The van der Waals surface area contributed by atoms with Gasteiger partial charge in [-0.1, -0.05) is 146 Å². The van der Waals surface area contributed by atoms with Gasteiger partial charge in [-0.05, 0) is 69.8 Å². The molecule has 0 atom stereocenters. The van der Waals surface area contributed by atoms with E-state index in [-0.39, 0.29) is 18.0 Å². The maximum absolute atomic E-state index is 12.8. The minimum Gasteiger partial charge on any atom is -0.485 e. The van der Waals surface area contributed by atoms with E-state index in [0.29, 0.717) is 49.4 Å². The van der Waals surface area contributed by atoms with Crippen LogP contribution in [0.25, 0.3) is 12.2 Å². The number of hydrogen-bond donors (Lipinski definition) is 0. The molecule has 0 spiro atoms. The molecule has 0 radical (unpaired) electrons. The third-order valence-corrected chi connectivity index (χ3v) is 8.16. The van der Waals surface area contributed by atoms with Gasteiger partial charge in [0.15, 0.2) is 34.6 Å². The Bertz CT molecular complexity index is 1970. The topological polar surface area (TPSA) is 71.1 Å². The fraction of sp³-hybridized carbons (Fsp3) is 0.106. The molecular weight excluding hydrogens is 661 g/mol. The number of ether oxygens (including phenoxy) is 4. The highest BCUT2D eigenvalue weighted by atomic mass is 16.5. The molecule has 0 N–H and O–H groups in total. The second-order valence-electron chi connectivity index (χ2n) is 12.3. The van der Waals surface area contributed by atoms with Gasteiger partial charge in [0.2, 0.25) is 0 Å². The fourth-order valence-corrected chi connectivity index (χ4v) is 5.33. The summed E-state index contributed by atoms with van der Waals surface area (Å²) in [6, 6.07) is 50.6. The van der Waals surface area contributed by atoms with E-state index in [1.54, 1.807) is 12.2 Å². The molecule has 6 aromatic carbocycles. The fourth-order valence-electron chi connectivity index (χ4n) is 5.33. The summed E-state index contributed by atoms with van der Waals surface area (Å²) in [4.78, 5) is 25.7. The Kier molecular flexibility index (Phi) is 13.0. The highest BCUT2D eigenvalue weighted by Crippen LogP contribution is 2.32. The van der Waals surface area contributed by atoms with Crippen LogP contribution in [-0.4, -0.2) is 11.6 Å². The zero-order chi connectivity index (χ0) is 36.5. The van der Waals surface area contributed by atoms with Gasteiger partial charge in [-0.15, -0.1) is 0 Å². The van der Waals surface area contributed by atoms with Gasteiger partial charge in [-0.25, -0.2) is 0 Å². The summed E-state index contributed by atoms with van der Waals surface area (Å²) >= 11 is 0. The van der Waals surface area contributed by atoms with Crippen LogP contribution in [0.5, 0.6) is 23.0 Å². The Hall–Kier alpha value is -6.66. The lowest BCUT2D eigenvalue weighted by Gasteiger charge is -2.14. The molecule has 0 heterocycles. The molecule has 0 amide bonds. The van der Waals surface area contributed by atoms with E-state index in [1.807, 2.05) is 158 Å². The second-order valence-corrected chi connectivity index (χ2v) is 12.3. The Labute approximate surface area is 310 Å². The van der Waals surface area contributed by atoms with E-state index in [4.69, 9.17) is 18.9 Å². The SMILES string of the molecule is O=C(C=Cc1ccc(OCc2ccccc2)c(OCc2ccccc2)c1)CC(=O)C=Cc1ccc(OCc2ccccc2)c(OCc2ccccc2)c1. The first-order valence-corrected chi connectivity index (χ1v) is 17.4. The third kappa shape index (κ3) is 11.7. The molecule has 0 saturated carbocycles. The van der Waals surface area contributed by atoms with Crippen LogP contribution in [0.3, 0.4) is 0 Å². The summed E-state index contributed by atoms with van der Waals surface area (Å²) in [5.74, 6) is 1.68. The molecule has 0 bridgehead atoms. The van der Waals surface area contributed by atoms with Crippen molar-refractivity contribution in [1.29, 1.82) is 0 Å². The summed E-state index contributed by atoms with van der Waals surface area (Å²) in [5, 5.41) is 0. The van der Waals surface area contributed by atoms with Crippen molar-refractivity contribution in [1.82, 2.24) is 0 Å². The molecule has 0 aromatic heterocycles. The van der Waals surface area contributed by atoms with Crippen molar-refractivity contribution >= 4 is 23.7 Å². The van der Waals surface area contributed by atoms with Crippen molar-refractivity contribution in [2.45, 2.75) is 32.8 Å². The van der Waals surface area contributed by atoms with Gasteiger partial charge in [0, 0.05) is 0 Å². The zero-order valence-corrected chi connectivity index (χ0v) is 29.3. The lowest BCUT2D eigenvalue weighted by molar-refractivity contribution is -0.121. The van der Waals surface area contributed by atoms with Crippen LogP contribution >= 0.6 is 0 Å². The van der Waals surface area contributed by atoms with E-state index in [0.717, 1.165) is 33.4 Å². The van der Waals surface area contributed by atoms with E-state index in [9.17, 15) is 9.59 Å². The lowest BCUT2D eigenvalue weighted by Crippen LogP contribution is -2.02. The molecule has 6 heteroatoms. The molecule has 6 rings (SSSR count). The quantitative estimate of drug-likeness (QED) is 0.0657. The van der Waals surface area contributed by atoms with Crippen LogP contribution in [-0.2, 0) is 36.0 Å². The summed E-state index contributed by atoms with van der Waals surface area (Å²) in [6.07, 6.45) is 5.93. The number of carbonyl (C=O) groups excluding carboxylic acids is 2. The molecule has 264 valence electrons. The van der Waals surface area contributed by atoms with Gasteiger partial charge in [-0.2, -0.15) is 0 Å². The minimum atomic E-state index is -0.313. The van der Waals surface area contributed by atoms with E-state index >= 15 is 0 Å². The Morgan fingerprint density at radius 1 is 0.377 bits per heavy atom. The van der Waals surface area contributed by atoms with Crippen molar-refractivity contribution in [3.8, 4) is 23.0 Å². The van der Waals surface area contributed by atoms with Crippen LogP contribution in [0.4, 0.5) is 0 Å². The van der Waals surface area contributed by atoms with E-state index < -0.39 is 0 Å². The maximum Gasteiger partial charge on any atom is 0.163 e. The number of rotatable bonds is 18. The lowest BCUT2D eigenvalue weighted by atomic mass is 10.1. The molecule has 0 aliphatic carbocycles. The van der Waals surface area contributed by atoms with Gasteiger partial charge >= 0.3 is 0 Å². The van der Waals surface area contributed by atoms with Gasteiger partial charge in [0.05, 0.1) is 6.42 Å². The summed E-state index contributed by atoms with van der Waals surface area (Å²) in [6.45, 7) is 1.50. The van der Waals surface area contributed by atoms with Crippen LogP contribution in [0, 0.1) is 0 Å². The van der Waals surface area contributed by atoms with Crippen molar-refractivity contribution < 1.29 is 28.5 Å². The Morgan fingerprint density at radius 3 is 1.00 bits per heavy atom. The first-order chi connectivity index (χ1) is 26.1. The first-order valence-electron chi connectivity index (χ1n) is 17.4. The molecule has 0 unspecified atom stereocenters. The van der Waals surface area contributed by atoms with Gasteiger partial charge in [0.1, 0.15) is 26.4 Å². The summed E-state index contributed by atoms with van der Waals surface area (Å²) in [7, 11) is 0. The van der Waals surface area contributed by atoms with Crippen molar-refractivity contribution in [2.75, 3.05) is 0 Å². The summed E-state index contributed by atoms with van der Waals surface area (Å²) < 4.78 is 24.5. The number of hydrogen-bond acceptors (Lipinski definition) is 6. The van der Waals surface area contributed by atoms with E-state index in [1.165, 1.54) is 12.2 Å². The number of ketones is 2. The molecule has 6 nitrogen and oxygen atoms in total. The Balaban J connectivity index is 1.08.